The summed E-state index contributed by atoms with van der Waals surface area (Å²) >= 11 is 1.51. The fourth-order valence-corrected chi connectivity index (χ4v) is 3.10. The minimum atomic E-state index is -0.322. The Hall–Kier alpha value is -2.22. The summed E-state index contributed by atoms with van der Waals surface area (Å²) in [6.07, 6.45) is 0. The maximum atomic E-state index is 11.9. The molecule has 0 aliphatic carbocycles. The average molecular weight is 332 g/mol. The van der Waals surface area contributed by atoms with Crippen LogP contribution in [0.3, 0.4) is 0 Å². The zero-order chi connectivity index (χ0) is 16.8. The Morgan fingerprint density at radius 2 is 2.00 bits per heavy atom. The van der Waals surface area contributed by atoms with E-state index in [-0.39, 0.29) is 17.4 Å². The van der Waals surface area contributed by atoms with Crippen molar-refractivity contribution in [2.75, 3.05) is 16.0 Å². The molecule has 0 spiro atoms. The number of rotatable bonds is 2. The maximum Gasteiger partial charge on any atom is 0.246 e. The summed E-state index contributed by atoms with van der Waals surface area (Å²) in [5.41, 5.74) is 1.56. The van der Waals surface area contributed by atoms with Crippen molar-refractivity contribution in [3.05, 3.63) is 16.9 Å². The molecule has 1 amide bonds. The number of aryl methyl sites for hydroxylation is 1. The van der Waals surface area contributed by atoms with Crippen LogP contribution in [0.1, 0.15) is 39.2 Å². The van der Waals surface area contributed by atoms with Crippen molar-refractivity contribution in [1.29, 1.82) is 0 Å². The zero-order valence-corrected chi connectivity index (χ0v) is 14.6. The predicted octanol–water partition coefficient (Wildman–Crippen LogP) is 3.04. The third-order valence-electron chi connectivity index (χ3n) is 3.51. The van der Waals surface area contributed by atoms with Crippen LogP contribution in [0.15, 0.2) is 5.38 Å². The van der Waals surface area contributed by atoms with Gasteiger partial charge < -0.3 is 16.0 Å². The van der Waals surface area contributed by atoms with Crippen molar-refractivity contribution in [1.82, 2.24) is 15.0 Å². The lowest BCUT2D eigenvalue weighted by Crippen LogP contribution is -2.37. The number of aromatic nitrogens is 3. The lowest BCUT2D eigenvalue weighted by atomic mass is 9.93. The van der Waals surface area contributed by atoms with Gasteiger partial charge in [-0.15, -0.1) is 11.3 Å². The second-order valence-electron chi connectivity index (χ2n) is 6.61. The normalized spacial score (nSPS) is 17.3. The number of anilines is 4. The molecule has 1 aliphatic heterocycles. The highest BCUT2D eigenvalue weighted by molar-refractivity contribution is 7.13. The number of amides is 1. The van der Waals surface area contributed by atoms with Gasteiger partial charge in [-0.1, -0.05) is 20.8 Å². The van der Waals surface area contributed by atoms with Crippen LogP contribution in [-0.4, -0.2) is 26.9 Å². The van der Waals surface area contributed by atoms with E-state index in [0.29, 0.717) is 23.1 Å². The third kappa shape index (κ3) is 3.12. The second kappa shape index (κ2) is 5.45. The van der Waals surface area contributed by atoms with Gasteiger partial charge >= 0.3 is 0 Å². The minimum absolute atomic E-state index is 0.0113. The molecule has 8 heteroatoms. The van der Waals surface area contributed by atoms with Gasteiger partial charge in [0.1, 0.15) is 17.6 Å². The molecule has 0 saturated heterocycles. The van der Waals surface area contributed by atoms with Crippen molar-refractivity contribution in [2.24, 2.45) is 0 Å². The van der Waals surface area contributed by atoms with Crippen molar-refractivity contribution in [3.63, 3.8) is 0 Å². The summed E-state index contributed by atoms with van der Waals surface area (Å²) in [6.45, 7) is 9.96. The van der Waals surface area contributed by atoms with E-state index < -0.39 is 0 Å². The van der Waals surface area contributed by atoms with Gasteiger partial charge in [0.25, 0.3) is 0 Å². The number of carbonyl (C=O) groups is 1. The van der Waals surface area contributed by atoms with Crippen LogP contribution in [0, 0.1) is 6.92 Å². The molecule has 1 unspecified atom stereocenters. The number of hydrogen-bond acceptors (Lipinski definition) is 7. The third-order valence-corrected chi connectivity index (χ3v) is 4.27. The summed E-state index contributed by atoms with van der Waals surface area (Å²) in [5, 5.41) is 11.9. The van der Waals surface area contributed by atoms with E-state index >= 15 is 0 Å². The molecule has 3 rings (SSSR count). The molecule has 1 atom stereocenters. The topological polar surface area (TPSA) is 91.8 Å². The number of nitrogens with one attached hydrogen (secondary N) is 3. The Bertz CT molecular complexity index is 764. The lowest BCUT2D eigenvalue weighted by Gasteiger charge is -2.25. The summed E-state index contributed by atoms with van der Waals surface area (Å²) in [7, 11) is 0. The van der Waals surface area contributed by atoms with Gasteiger partial charge in [-0.3, -0.25) is 4.79 Å². The molecular formula is C15H20N6OS. The Kier molecular flexibility index (Phi) is 3.71. The van der Waals surface area contributed by atoms with Crippen LogP contribution < -0.4 is 16.0 Å². The summed E-state index contributed by atoms with van der Waals surface area (Å²) in [6, 6.07) is -0.322. The molecule has 0 bridgehead atoms. The first-order valence-corrected chi connectivity index (χ1v) is 8.31. The van der Waals surface area contributed by atoms with E-state index in [1.807, 2.05) is 12.3 Å². The average Bonchev–Trinajstić information content (AvgIpc) is 2.89. The van der Waals surface area contributed by atoms with Crippen LogP contribution in [-0.2, 0) is 10.2 Å². The molecule has 0 saturated carbocycles. The Morgan fingerprint density at radius 3 is 2.65 bits per heavy atom. The van der Waals surface area contributed by atoms with Gasteiger partial charge in [-0.05, 0) is 13.8 Å². The molecule has 3 N–H and O–H groups in total. The SMILES string of the molecule is Cc1nc(Nc2nc(C(C)(C)C)cs2)c2c(n1)NC(C)C(=O)N2. The number of nitrogens with zero attached hydrogens (tertiary/aromatic N) is 3. The maximum absolute atomic E-state index is 11.9. The predicted molar refractivity (Wildman–Crippen MR) is 92.6 cm³/mol. The van der Waals surface area contributed by atoms with Crippen LogP contribution in [0.4, 0.5) is 22.5 Å². The summed E-state index contributed by atoms with van der Waals surface area (Å²) in [4.78, 5) is 25.3. The van der Waals surface area contributed by atoms with Gasteiger partial charge in [0, 0.05) is 10.8 Å². The second-order valence-corrected chi connectivity index (χ2v) is 7.47. The van der Waals surface area contributed by atoms with E-state index in [0.717, 1.165) is 10.8 Å². The highest BCUT2D eigenvalue weighted by Gasteiger charge is 2.26. The Morgan fingerprint density at radius 1 is 1.26 bits per heavy atom. The van der Waals surface area contributed by atoms with Gasteiger partial charge in [0.15, 0.2) is 16.8 Å². The van der Waals surface area contributed by atoms with E-state index in [1.54, 1.807) is 6.92 Å². The largest absolute Gasteiger partial charge is 0.357 e. The van der Waals surface area contributed by atoms with Gasteiger partial charge in [-0.2, -0.15) is 0 Å². The first-order valence-electron chi connectivity index (χ1n) is 7.43. The molecule has 3 heterocycles. The van der Waals surface area contributed by atoms with Crippen molar-refractivity contribution in [2.45, 2.75) is 46.1 Å². The Balaban J connectivity index is 1.95. The van der Waals surface area contributed by atoms with Crippen LogP contribution >= 0.6 is 11.3 Å². The molecular weight excluding hydrogens is 312 g/mol. The van der Waals surface area contributed by atoms with Crippen LogP contribution in [0.25, 0.3) is 0 Å². The molecule has 122 valence electrons. The number of carbonyl (C=O) groups excluding carboxylic acids is 1. The van der Waals surface area contributed by atoms with Gasteiger partial charge in [0.05, 0.1) is 5.69 Å². The first-order chi connectivity index (χ1) is 10.7. The highest BCUT2D eigenvalue weighted by atomic mass is 32.1. The molecule has 23 heavy (non-hydrogen) atoms. The lowest BCUT2D eigenvalue weighted by molar-refractivity contribution is -0.116. The number of hydrogen-bond donors (Lipinski definition) is 3. The van der Waals surface area contributed by atoms with Gasteiger partial charge in [-0.25, -0.2) is 15.0 Å². The number of thiazole rings is 1. The molecule has 0 radical (unpaired) electrons. The fraction of sp³-hybridized carbons (Fsp3) is 0.467. The van der Waals surface area contributed by atoms with E-state index in [2.05, 4.69) is 51.7 Å². The van der Waals surface area contributed by atoms with Crippen molar-refractivity contribution >= 4 is 39.7 Å². The van der Waals surface area contributed by atoms with E-state index in [4.69, 9.17) is 0 Å². The van der Waals surface area contributed by atoms with Gasteiger partial charge in [0.2, 0.25) is 5.91 Å². The summed E-state index contributed by atoms with van der Waals surface area (Å²) < 4.78 is 0. The van der Waals surface area contributed by atoms with Crippen LogP contribution in [0.5, 0.6) is 0 Å². The standard InChI is InChI=1S/C15H20N6OS/c1-7-13(22)20-10-11(16-7)17-8(2)18-12(10)21-14-19-9(6-23-14)15(3,4)5/h6-7H,1-5H3,(H,20,22)(H2,16,17,18,19,21). The smallest absolute Gasteiger partial charge is 0.246 e. The highest BCUT2D eigenvalue weighted by Crippen LogP contribution is 2.34. The van der Waals surface area contributed by atoms with Crippen molar-refractivity contribution in [3.8, 4) is 0 Å². The zero-order valence-electron chi connectivity index (χ0n) is 13.8. The molecule has 1 aliphatic rings. The van der Waals surface area contributed by atoms with E-state index in [9.17, 15) is 4.79 Å². The monoisotopic (exact) mass is 332 g/mol. The number of fused-ring (bicyclic) bond motifs is 1. The van der Waals surface area contributed by atoms with Crippen molar-refractivity contribution < 1.29 is 4.79 Å². The summed E-state index contributed by atoms with van der Waals surface area (Å²) in [5.74, 6) is 1.69. The Labute approximate surface area is 139 Å². The molecule has 2 aromatic heterocycles. The minimum Gasteiger partial charge on any atom is -0.357 e. The quantitative estimate of drug-likeness (QED) is 0.783. The molecule has 0 fully saturated rings. The first kappa shape index (κ1) is 15.7. The molecule has 7 nitrogen and oxygen atoms in total. The fourth-order valence-electron chi connectivity index (χ4n) is 2.16. The molecule has 2 aromatic rings. The van der Waals surface area contributed by atoms with E-state index in [1.165, 1.54) is 11.3 Å². The van der Waals surface area contributed by atoms with Crippen LogP contribution in [0.2, 0.25) is 0 Å². The molecule has 0 aromatic carbocycles.